The molecule has 0 spiro atoms. The number of aliphatic carboxylic acids is 1. The molecule has 2 aromatic rings. The second-order valence-corrected chi connectivity index (χ2v) is 6.28. The third kappa shape index (κ3) is 4.44. The Hall–Kier alpha value is -3.04. The molecule has 0 aliphatic rings. The summed E-state index contributed by atoms with van der Waals surface area (Å²) in [6, 6.07) is 5.72. The fourth-order valence-corrected chi connectivity index (χ4v) is 2.76. The first-order valence-electron chi connectivity index (χ1n) is 8.73. The van der Waals surface area contributed by atoms with E-state index in [1.807, 2.05) is 0 Å². The number of carboxylic acid groups (broad SMARTS) is 1. The summed E-state index contributed by atoms with van der Waals surface area (Å²) in [6.07, 6.45) is 0.746. The molecule has 0 fully saturated rings. The number of carboxylic acids is 1. The van der Waals surface area contributed by atoms with Gasteiger partial charge in [-0.1, -0.05) is 19.1 Å². The fraction of sp³-hybridized carbons (Fsp3) is 0.444. The van der Waals surface area contributed by atoms with Crippen molar-refractivity contribution in [3.63, 3.8) is 0 Å². The Labute approximate surface area is 160 Å². The van der Waals surface area contributed by atoms with E-state index < -0.39 is 23.9 Å². The Bertz CT molecular complexity index is 833. The minimum absolute atomic E-state index is 0.00127. The number of halogens is 2. The molecular weight excluding hydrogens is 374 g/mol. The van der Waals surface area contributed by atoms with Gasteiger partial charge in [0.05, 0.1) is 16.8 Å². The summed E-state index contributed by atoms with van der Waals surface area (Å²) >= 11 is 0. The first kappa shape index (κ1) is 21.3. The minimum Gasteiger partial charge on any atom is -0.481 e. The van der Waals surface area contributed by atoms with E-state index in [0.29, 0.717) is 24.2 Å². The van der Waals surface area contributed by atoms with Gasteiger partial charge in [0.2, 0.25) is 0 Å². The molecule has 28 heavy (non-hydrogen) atoms. The number of aromatic nitrogens is 3. The molecule has 0 saturated heterocycles. The van der Waals surface area contributed by atoms with Gasteiger partial charge in [-0.2, -0.15) is 8.78 Å². The quantitative estimate of drug-likeness (QED) is 0.675. The summed E-state index contributed by atoms with van der Waals surface area (Å²) in [7, 11) is 0. The van der Waals surface area contributed by atoms with Crippen molar-refractivity contribution in [1.29, 1.82) is 0 Å². The summed E-state index contributed by atoms with van der Waals surface area (Å²) in [5.74, 6) is -1.50. The predicted octanol–water partition coefficient (Wildman–Crippen LogP) is 2.80. The van der Waals surface area contributed by atoms with Crippen molar-refractivity contribution in [2.45, 2.75) is 40.2 Å². The highest BCUT2D eigenvalue weighted by Crippen LogP contribution is 2.26. The summed E-state index contributed by atoms with van der Waals surface area (Å²) in [6.45, 7) is 2.20. The second kappa shape index (κ2) is 8.77. The van der Waals surface area contributed by atoms with Gasteiger partial charge in [-0.25, -0.2) is 4.68 Å². The van der Waals surface area contributed by atoms with Crippen molar-refractivity contribution in [2.75, 3.05) is 6.54 Å². The summed E-state index contributed by atoms with van der Waals surface area (Å²) in [5.41, 5.74) is -0.0545. The van der Waals surface area contributed by atoms with Crippen LogP contribution in [0, 0.1) is 12.3 Å². The monoisotopic (exact) mass is 396 g/mol. The first-order chi connectivity index (χ1) is 13.2. The molecule has 1 heterocycles. The molecule has 0 radical (unpaired) electrons. The number of rotatable bonds is 9. The van der Waals surface area contributed by atoms with Crippen molar-refractivity contribution in [3.8, 4) is 11.4 Å². The molecule has 8 nitrogen and oxygen atoms in total. The van der Waals surface area contributed by atoms with E-state index in [2.05, 4.69) is 20.4 Å². The Kier molecular flexibility index (Phi) is 6.66. The molecular formula is C18H22F2N4O4. The molecule has 0 unspecified atom stereocenters. The Morgan fingerprint density at radius 1 is 1.25 bits per heavy atom. The maximum atomic E-state index is 12.5. The van der Waals surface area contributed by atoms with Crippen LogP contribution in [-0.2, 0) is 4.79 Å². The Morgan fingerprint density at radius 3 is 2.36 bits per heavy atom. The third-order valence-electron chi connectivity index (χ3n) is 4.81. The van der Waals surface area contributed by atoms with Gasteiger partial charge in [-0.15, -0.1) is 5.10 Å². The van der Waals surface area contributed by atoms with E-state index in [1.165, 1.54) is 28.9 Å². The van der Waals surface area contributed by atoms with Crippen LogP contribution in [0.15, 0.2) is 24.3 Å². The molecule has 0 bridgehead atoms. The average molecular weight is 396 g/mol. The van der Waals surface area contributed by atoms with Crippen molar-refractivity contribution >= 4 is 11.9 Å². The fourth-order valence-electron chi connectivity index (χ4n) is 2.76. The lowest BCUT2D eigenvalue weighted by atomic mass is 9.82. The first-order valence-corrected chi connectivity index (χ1v) is 8.73. The number of carbonyl (C=O) groups excluding carboxylic acids is 1. The summed E-state index contributed by atoms with van der Waals surface area (Å²) in [4.78, 5) is 24.0. The number of hydrogen-bond acceptors (Lipinski definition) is 5. The maximum absolute atomic E-state index is 12.5. The summed E-state index contributed by atoms with van der Waals surface area (Å²) in [5, 5.41) is 19.9. The topological polar surface area (TPSA) is 106 Å². The Balaban J connectivity index is 2.15. The van der Waals surface area contributed by atoms with Gasteiger partial charge in [0.25, 0.3) is 5.91 Å². The number of amides is 1. The van der Waals surface area contributed by atoms with E-state index in [9.17, 15) is 23.5 Å². The van der Waals surface area contributed by atoms with Crippen molar-refractivity contribution in [1.82, 2.24) is 20.3 Å². The van der Waals surface area contributed by atoms with Crippen molar-refractivity contribution < 1.29 is 28.2 Å². The lowest BCUT2D eigenvalue weighted by molar-refractivity contribution is -0.149. The number of hydrogen-bond donors (Lipinski definition) is 2. The SMILES string of the molecule is CCC(CC)(CNC(=O)c1nnn(-c2ccc(OC(F)F)cc2)c1C)C(=O)O. The predicted molar refractivity (Wildman–Crippen MR) is 95.7 cm³/mol. The van der Waals surface area contributed by atoms with Gasteiger partial charge < -0.3 is 15.2 Å². The molecule has 0 saturated carbocycles. The van der Waals surface area contributed by atoms with Crippen LogP contribution in [-0.4, -0.2) is 45.1 Å². The van der Waals surface area contributed by atoms with Crippen LogP contribution in [0.2, 0.25) is 0 Å². The van der Waals surface area contributed by atoms with Gasteiger partial charge in [0, 0.05) is 6.54 Å². The van der Waals surface area contributed by atoms with E-state index in [-0.39, 0.29) is 18.0 Å². The van der Waals surface area contributed by atoms with Gasteiger partial charge >= 0.3 is 12.6 Å². The Morgan fingerprint density at radius 2 is 1.86 bits per heavy atom. The van der Waals surface area contributed by atoms with Gasteiger partial charge in [-0.3, -0.25) is 9.59 Å². The smallest absolute Gasteiger partial charge is 0.387 e. The van der Waals surface area contributed by atoms with Gasteiger partial charge in [-0.05, 0) is 44.0 Å². The van der Waals surface area contributed by atoms with E-state index in [4.69, 9.17) is 0 Å². The minimum atomic E-state index is -2.92. The highest BCUT2D eigenvalue weighted by Gasteiger charge is 2.35. The zero-order valence-electron chi connectivity index (χ0n) is 15.8. The molecule has 152 valence electrons. The number of benzene rings is 1. The van der Waals surface area contributed by atoms with E-state index in [1.54, 1.807) is 20.8 Å². The zero-order valence-corrected chi connectivity index (χ0v) is 15.8. The largest absolute Gasteiger partial charge is 0.481 e. The van der Waals surface area contributed by atoms with Crippen LogP contribution in [0.5, 0.6) is 5.75 Å². The average Bonchev–Trinajstić information content (AvgIpc) is 3.04. The summed E-state index contributed by atoms with van der Waals surface area (Å²) < 4.78 is 30.1. The molecule has 2 rings (SSSR count). The highest BCUT2D eigenvalue weighted by atomic mass is 19.3. The molecule has 0 aliphatic heterocycles. The number of carbonyl (C=O) groups is 2. The number of ether oxygens (including phenoxy) is 1. The van der Waals surface area contributed by atoms with Gasteiger partial charge in [0.1, 0.15) is 5.75 Å². The molecule has 2 N–H and O–H groups in total. The lowest BCUT2D eigenvalue weighted by Crippen LogP contribution is -2.42. The van der Waals surface area contributed by atoms with E-state index in [0.717, 1.165) is 0 Å². The van der Waals surface area contributed by atoms with E-state index >= 15 is 0 Å². The molecule has 0 atom stereocenters. The number of nitrogens with one attached hydrogen (secondary N) is 1. The zero-order chi connectivity index (χ0) is 20.9. The third-order valence-corrected chi connectivity index (χ3v) is 4.81. The van der Waals surface area contributed by atoms with Crippen molar-refractivity contribution in [3.05, 3.63) is 35.7 Å². The van der Waals surface area contributed by atoms with Crippen LogP contribution in [0.1, 0.15) is 42.9 Å². The molecule has 1 aromatic carbocycles. The van der Waals surface area contributed by atoms with Crippen LogP contribution >= 0.6 is 0 Å². The lowest BCUT2D eigenvalue weighted by Gasteiger charge is -2.26. The van der Waals surface area contributed by atoms with Crippen LogP contribution in [0.3, 0.4) is 0 Å². The van der Waals surface area contributed by atoms with Crippen LogP contribution in [0.25, 0.3) is 5.69 Å². The second-order valence-electron chi connectivity index (χ2n) is 6.28. The normalized spacial score (nSPS) is 11.5. The van der Waals surface area contributed by atoms with Gasteiger partial charge in [0.15, 0.2) is 5.69 Å². The van der Waals surface area contributed by atoms with Crippen LogP contribution < -0.4 is 10.1 Å². The molecule has 0 aliphatic carbocycles. The molecule has 1 aromatic heterocycles. The maximum Gasteiger partial charge on any atom is 0.387 e. The number of alkyl halides is 2. The molecule has 10 heteroatoms. The van der Waals surface area contributed by atoms with Crippen LogP contribution in [0.4, 0.5) is 8.78 Å². The highest BCUT2D eigenvalue weighted by molar-refractivity contribution is 5.93. The number of nitrogens with zero attached hydrogens (tertiary/aromatic N) is 3. The van der Waals surface area contributed by atoms with Crippen molar-refractivity contribution in [2.24, 2.45) is 5.41 Å². The standard InChI is InChI=1S/C18H22F2N4O4/c1-4-18(5-2,16(26)27)10-21-15(25)14-11(3)24(23-22-14)12-6-8-13(9-7-12)28-17(19)20/h6-9,17H,4-5,10H2,1-3H3,(H,21,25)(H,26,27). The molecule has 1 amide bonds.